The number of hydrogen-bond donors (Lipinski definition) is 1. The Morgan fingerprint density at radius 2 is 2.13 bits per heavy atom. The van der Waals surface area contributed by atoms with Crippen molar-refractivity contribution in [2.24, 2.45) is 7.05 Å². The van der Waals surface area contributed by atoms with E-state index in [0.717, 1.165) is 6.07 Å². The van der Waals surface area contributed by atoms with E-state index in [2.05, 4.69) is 10.1 Å². The van der Waals surface area contributed by atoms with E-state index in [9.17, 15) is 8.78 Å². The number of halogens is 2. The highest BCUT2D eigenvalue weighted by molar-refractivity contribution is 7.71. The molecule has 2 aromatic rings. The van der Waals surface area contributed by atoms with E-state index in [1.54, 1.807) is 7.05 Å². The maximum absolute atomic E-state index is 13.4. The molecule has 0 atom stereocenters. The number of aryl methyl sites for hydroxylation is 1. The number of hydrogen-bond acceptors (Lipinski definition) is 2. The number of rotatable bonds is 1. The van der Waals surface area contributed by atoms with Crippen LogP contribution < -0.4 is 0 Å². The lowest BCUT2D eigenvalue weighted by molar-refractivity contribution is 0.510. The van der Waals surface area contributed by atoms with E-state index >= 15 is 0 Å². The zero-order chi connectivity index (χ0) is 11.0. The van der Waals surface area contributed by atoms with Gasteiger partial charge in [-0.3, -0.25) is 9.78 Å². The Morgan fingerprint density at radius 3 is 2.73 bits per heavy atom. The molecule has 1 aromatic heterocycles. The Bertz CT molecular complexity index is 559. The topological polar surface area (TPSA) is 33.6 Å². The molecule has 78 valence electrons. The summed E-state index contributed by atoms with van der Waals surface area (Å²) in [5.74, 6) is -1.61. The van der Waals surface area contributed by atoms with Gasteiger partial charge in [-0.15, -0.1) is 0 Å². The molecule has 0 amide bonds. The van der Waals surface area contributed by atoms with E-state index in [-0.39, 0.29) is 16.2 Å². The van der Waals surface area contributed by atoms with Gasteiger partial charge in [0, 0.05) is 7.05 Å². The second-order valence-electron chi connectivity index (χ2n) is 3.02. The second kappa shape index (κ2) is 3.54. The lowest BCUT2D eigenvalue weighted by atomic mass is 10.2. The molecule has 2 rings (SSSR count). The molecule has 0 bridgehead atoms. The van der Waals surface area contributed by atoms with E-state index < -0.39 is 11.6 Å². The smallest absolute Gasteiger partial charge is 0.216 e. The minimum absolute atomic E-state index is 0.0710. The van der Waals surface area contributed by atoms with Crippen molar-refractivity contribution < 1.29 is 8.78 Å². The predicted octanol–water partition coefficient (Wildman–Crippen LogP) is 2.42. The summed E-state index contributed by atoms with van der Waals surface area (Å²) in [4.78, 5) is 3.90. The van der Waals surface area contributed by atoms with Gasteiger partial charge in [0.05, 0.1) is 5.56 Å². The largest absolute Gasteiger partial charge is 0.279 e. The molecule has 0 radical (unpaired) electrons. The maximum Gasteiger partial charge on any atom is 0.216 e. The third kappa shape index (κ3) is 1.68. The first-order valence-electron chi connectivity index (χ1n) is 4.17. The molecule has 1 heterocycles. The molecule has 0 aliphatic rings. The minimum Gasteiger partial charge on any atom is -0.279 e. The molecule has 1 aromatic carbocycles. The summed E-state index contributed by atoms with van der Waals surface area (Å²) in [6.45, 7) is 0. The van der Waals surface area contributed by atoms with Crippen LogP contribution in [0.1, 0.15) is 0 Å². The third-order valence-electron chi connectivity index (χ3n) is 1.97. The number of aromatic nitrogens is 3. The van der Waals surface area contributed by atoms with E-state index in [4.69, 9.17) is 12.2 Å². The number of nitrogens with zero attached hydrogens (tertiary/aromatic N) is 2. The van der Waals surface area contributed by atoms with Crippen LogP contribution in [0, 0.1) is 16.4 Å². The Balaban J connectivity index is 2.64. The fourth-order valence-corrected chi connectivity index (χ4v) is 1.35. The van der Waals surface area contributed by atoms with Gasteiger partial charge in [0.25, 0.3) is 0 Å². The van der Waals surface area contributed by atoms with Crippen LogP contribution in [0.3, 0.4) is 0 Å². The molecule has 1 N–H and O–H groups in total. The molecule has 3 nitrogen and oxygen atoms in total. The van der Waals surface area contributed by atoms with Crippen LogP contribution in [0.25, 0.3) is 11.4 Å². The molecule has 0 aliphatic carbocycles. The highest BCUT2D eigenvalue weighted by Gasteiger charge is 2.12. The number of benzene rings is 1. The van der Waals surface area contributed by atoms with Crippen LogP contribution in [0.15, 0.2) is 18.2 Å². The summed E-state index contributed by atoms with van der Waals surface area (Å²) in [5, 5.41) is 2.72. The highest BCUT2D eigenvalue weighted by atomic mass is 32.1. The zero-order valence-electron chi connectivity index (χ0n) is 7.79. The number of H-pyrrole nitrogens is 1. The van der Waals surface area contributed by atoms with Crippen molar-refractivity contribution in [3.05, 3.63) is 34.6 Å². The van der Waals surface area contributed by atoms with Crippen molar-refractivity contribution in [1.82, 2.24) is 14.8 Å². The number of nitrogens with one attached hydrogen (secondary N) is 1. The van der Waals surface area contributed by atoms with E-state index in [1.807, 2.05) is 0 Å². The van der Waals surface area contributed by atoms with Crippen LogP contribution in [-0.4, -0.2) is 14.8 Å². The zero-order valence-corrected chi connectivity index (χ0v) is 8.61. The van der Waals surface area contributed by atoms with Gasteiger partial charge in [0.1, 0.15) is 0 Å². The van der Waals surface area contributed by atoms with E-state index in [1.165, 1.54) is 16.8 Å². The summed E-state index contributed by atoms with van der Waals surface area (Å²) in [6, 6.07) is 3.90. The van der Waals surface area contributed by atoms with Gasteiger partial charge >= 0.3 is 0 Å². The fraction of sp³-hybridized carbons (Fsp3) is 0.111. The second-order valence-corrected chi connectivity index (χ2v) is 3.38. The summed E-state index contributed by atoms with van der Waals surface area (Å²) in [7, 11) is 1.65. The van der Waals surface area contributed by atoms with Crippen LogP contribution in [0.2, 0.25) is 0 Å². The molecular formula is C9H7F2N3S. The van der Waals surface area contributed by atoms with Gasteiger partial charge in [-0.1, -0.05) is 6.07 Å². The molecule has 15 heavy (non-hydrogen) atoms. The number of aromatic amines is 1. The highest BCUT2D eigenvalue weighted by Crippen LogP contribution is 2.20. The van der Waals surface area contributed by atoms with E-state index in [0.29, 0.717) is 0 Å². The lowest BCUT2D eigenvalue weighted by Crippen LogP contribution is -1.92. The molecule has 6 heteroatoms. The standard InChI is InChI=1S/C9H7F2N3S/c1-14-9(15)12-8(13-14)5-3-2-4-6(10)7(5)11/h2-4H,1H3,(H,12,13,15). The van der Waals surface area contributed by atoms with Crippen LogP contribution >= 0.6 is 12.2 Å². The van der Waals surface area contributed by atoms with Gasteiger partial charge in [0.15, 0.2) is 17.5 Å². The summed E-state index contributed by atoms with van der Waals surface area (Å²) < 4.78 is 28.0. The predicted molar refractivity (Wildman–Crippen MR) is 53.7 cm³/mol. The molecule has 0 saturated carbocycles. The molecule has 0 fully saturated rings. The van der Waals surface area contributed by atoms with Gasteiger partial charge in [-0.25, -0.2) is 8.78 Å². The lowest BCUT2D eigenvalue weighted by Gasteiger charge is -1.99. The quantitative estimate of drug-likeness (QED) is 0.759. The van der Waals surface area contributed by atoms with Crippen molar-refractivity contribution in [1.29, 1.82) is 0 Å². The first-order valence-corrected chi connectivity index (χ1v) is 4.58. The normalized spacial score (nSPS) is 10.6. The Hall–Kier alpha value is -1.56. The van der Waals surface area contributed by atoms with Crippen molar-refractivity contribution in [2.45, 2.75) is 0 Å². The fourth-order valence-electron chi connectivity index (χ4n) is 1.21. The summed E-state index contributed by atoms with van der Waals surface area (Å²) in [5.41, 5.74) is 0.0710. The maximum atomic E-state index is 13.4. The molecular weight excluding hydrogens is 220 g/mol. The Kier molecular flexibility index (Phi) is 2.36. The average molecular weight is 227 g/mol. The van der Waals surface area contributed by atoms with Crippen molar-refractivity contribution in [3.8, 4) is 11.4 Å². The molecule has 0 aliphatic heterocycles. The minimum atomic E-state index is -0.929. The molecule has 0 unspecified atom stereocenters. The average Bonchev–Trinajstić information content (AvgIpc) is 2.51. The van der Waals surface area contributed by atoms with Gasteiger partial charge in [-0.05, 0) is 24.4 Å². The SMILES string of the molecule is Cn1[nH]c(-c2cccc(F)c2F)nc1=S. The van der Waals surface area contributed by atoms with Crippen molar-refractivity contribution >= 4 is 12.2 Å². The monoisotopic (exact) mass is 227 g/mol. The van der Waals surface area contributed by atoms with Crippen LogP contribution in [-0.2, 0) is 7.05 Å². The van der Waals surface area contributed by atoms with Gasteiger partial charge in [-0.2, -0.15) is 4.98 Å². The third-order valence-corrected chi connectivity index (χ3v) is 2.34. The summed E-state index contributed by atoms with van der Waals surface area (Å²) >= 11 is 4.85. The van der Waals surface area contributed by atoms with Crippen LogP contribution in [0.4, 0.5) is 8.78 Å². The van der Waals surface area contributed by atoms with Gasteiger partial charge < -0.3 is 0 Å². The Morgan fingerprint density at radius 1 is 1.40 bits per heavy atom. The summed E-state index contributed by atoms with van der Waals surface area (Å²) in [6.07, 6.45) is 0. The first-order chi connectivity index (χ1) is 7.09. The van der Waals surface area contributed by atoms with Gasteiger partial charge in [0.2, 0.25) is 4.77 Å². The molecule has 0 spiro atoms. The Labute approximate surface area is 89.4 Å². The van der Waals surface area contributed by atoms with Crippen LogP contribution in [0.5, 0.6) is 0 Å². The van der Waals surface area contributed by atoms with Crippen molar-refractivity contribution in [3.63, 3.8) is 0 Å². The molecule has 0 saturated heterocycles. The van der Waals surface area contributed by atoms with Crippen molar-refractivity contribution in [2.75, 3.05) is 0 Å². The first kappa shape index (κ1) is 9.97.